The predicted molar refractivity (Wildman–Crippen MR) is 82.6 cm³/mol. The van der Waals surface area contributed by atoms with Gasteiger partial charge in [-0.05, 0) is 49.2 Å². The number of nitrogens with one attached hydrogen (secondary N) is 1. The molecule has 0 spiro atoms. The van der Waals surface area contributed by atoms with Gasteiger partial charge in [-0.25, -0.2) is 8.42 Å². The van der Waals surface area contributed by atoms with Crippen LogP contribution in [0.15, 0.2) is 41.3 Å². The van der Waals surface area contributed by atoms with Gasteiger partial charge in [0.05, 0.1) is 10.7 Å². The third-order valence-corrected chi connectivity index (χ3v) is 4.85. The van der Waals surface area contributed by atoms with Gasteiger partial charge in [0.15, 0.2) is 0 Å². The van der Waals surface area contributed by atoms with Crippen molar-refractivity contribution in [1.82, 2.24) is 0 Å². The number of halogens is 1. The fraction of sp³-hybridized carbons (Fsp3) is 0.143. The minimum absolute atomic E-state index is 0.0478. The van der Waals surface area contributed by atoms with Gasteiger partial charge in [-0.2, -0.15) is 0 Å². The van der Waals surface area contributed by atoms with Crippen LogP contribution in [0, 0.1) is 13.8 Å². The SMILES string of the molecule is Cc1ccc(S(=O)(=O)Nc2cccc(N)c2C)c(Cl)c1. The number of sulfonamides is 1. The van der Waals surface area contributed by atoms with Crippen molar-refractivity contribution in [3.8, 4) is 0 Å². The van der Waals surface area contributed by atoms with Crippen LogP contribution in [-0.4, -0.2) is 8.42 Å². The monoisotopic (exact) mass is 310 g/mol. The summed E-state index contributed by atoms with van der Waals surface area (Å²) in [5, 5.41) is 0.194. The molecular weight excluding hydrogens is 296 g/mol. The van der Waals surface area contributed by atoms with Gasteiger partial charge in [0.25, 0.3) is 10.0 Å². The number of anilines is 2. The molecule has 4 nitrogen and oxygen atoms in total. The lowest BCUT2D eigenvalue weighted by Crippen LogP contribution is -2.14. The van der Waals surface area contributed by atoms with Crippen LogP contribution < -0.4 is 10.5 Å². The van der Waals surface area contributed by atoms with E-state index in [2.05, 4.69) is 4.72 Å². The van der Waals surface area contributed by atoms with Gasteiger partial charge >= 0.3 is 0 Å². The van der Waals surface area contributed by atoms with Gasteiger partial charge in [0.2, 0.25) is 0 Å². The van der Waals surface area contributed by atoms with Gasteiger partial charge in [0, 0.05) is 5.69 Å². The number of hydrogen-bond acceptors (Lipinski definition) is 3. The maximum absolute atomic E-state index is 12.4. The van der Waals surface area contributed by atoms with Gasteiger partial charge in [0.1, 0.15) is 4.90 Å². The van der Waals surface area contributed by atoms with Gasteiger partial charge in [-0.1, -0.05) is 23.7 Å². The molecule has 0 saturated carbocycles. The maximum Gasteiger partial charge on any atom is 0.263 e. The highest BCUT2D eigenvalue weighted by Gasteiger charge is 2.19. The number of hydrogen-bond donors (Lipinski definition) is 2. The molecule has 2 rings (SSSR count). The van der Waals surface area contributed by atoms with Crippen molar-refractivity contribution in [3.05, 3.63) is 52.5 Å². The van der Waals surface area contributed by atoms with Crippen LogP contribution in [-0.2, 0) is 10.0 Å². The van der Waals surface area contributed by atoms with E-state index in [-0.39, 0.29) is 9.92 Å². The van der Waals surface area contributed by atoms with Crippen LogP contribution in [0.3, 0.4) is 0 Å². The second kappa shape index (κ2) is 5.34. The van der Waals surface area contributed by atoms with Gasteiger partial charge < -0.3 is 5.73 Å². The van der Waals surface area contributed by atoms with E-state index in [0.717, 1.165) is 5.56 Å². The highest BCUT2D eigenvalue weighted by Crippen LogP contribution is 2.27. The molecule has 0 aromatic heterocycles. The lowest BCUT2D eigenvalue weighted by molar-refractivity contribution is 0.601. The Hall–Kier alpha value is -1.72. The van der Waals surface area contributed by atoms with Crippen LogP contribution in [0.2, 0.25) is 5.02 Å². The Labute approximate surface area is 123 Å². The molecule has 2 aromatic carbocycles. The Morgan fingerprint density at radius 2 is 1.85 bits per heavy atom. The molecule has 0 radical (unpaired) electrons. The van der Waals surface area contributed by atoms with Crippen molar-refractivity contribution in [1.29, 1.82) is 0 Å². The fourth-order valence-corrected chi connectivity index (χ4v) is 3.51. The van der Waals surface area contributed by atoms with E-state index < -0.39 is 10.0 Å². The third kappa shape index (κ3) is 2.89. The molecule has 0 amide bonds. The van der Waals surface area contributed by atoms with E-state index in [4.69, 9.17) is 17.3 Å². The molecule has 0 unspecified atom stereocenters. The minimum Gasteiger partial charge on any atom is -0.398 e. The fourth-order valence-electron chi connectivity index (χ4n) is 1.79. The van der Waals surface area contributed by atoms with Crippen LogP contribution in [0.5, 0.6) is 0 Å². The molecule has 2 aromatic rings. The smallest absolute Gasteiger partial charge is 0.263 e. The van der Waals surface area contributed by atoms with Crippen LogP contribution in [0.1, 0.15) is 11.1 Å². The predicted octanol–water partition coefficient (Wildman–Crippen LogP) is 3.34. The molecule has 0 bridgehead atoms. The molecule has 0 aliphatic carbocycles. The van der Waals surface area contributed by atoms with Gasteiger partial charge in [-0.15, -0.1) is 0 Å². The van der Waals surface area contributed by atoms with Crippen LogP contribution >= 0.6 is 11.6 Å². The molecule has 0 fully saturated rings. The Bertz CT molecular complexity index is 758. The van der Waals surface area contributed by atoms with Crippen molar-refractivity contribution < 1.29 is 8.42 Å². The molecule has 0 heterocycles. The summed E-state index contributed by atoms with van der Waals surface area (Å²) in [5.74, 6) is 0. The summed E-state index contributed by atoms with van der Waals surface area (Å²) in [5.41, 5.74) is 8.32. The highest BCUT2D eigenvalue weighted by atomic mass is 35.5. The van der Waals surface area contributed by atoms with Crippen LogP contribution in [0.25, 0.3) is 0 Å². The molecule has 20 heavy (non-hydrogen) atoms. The van der Waals surface area contributed by atoms with E-state index in [1.54, 1.807) is 37.3 Å². The van der Waals surface area contributed by atoms with Crippen molar-refractivity contribution in [2.45, 2.75) is 18.7 Å². The summed E-state index contributed by atoms with van der Waals surface area (Å²) in [6.07, 6.45) is 0. The number of nitrogens with two attached hydrogens (primary N) is 1. The zero-order chi connectivity index (χ0) is 14.9. The highest BCUT2D eigenvalue weighted by molar-refractivity contribution is 7.92. The quantitative estimate of drug-likeness (QED) is 0.854. The summed E-state index contributed by atoms with van der Waals surface area (Å²) in [6, 6.07) is 9.87. The van der Waals surface area contributed by atoms with Crippen molar-refractivity contribution in [2.24, 2.45) is 0 Å². The minimum atomic E-state index is -3.74. The maximum atomic E-state index is 12.4. The topological polar surface area (TPSA) is 72.2 Å². The molecule has 0 aliphatic heterocycles. The number of nitrogen functional groups attached to an aromatic ring is 1. The molecular formula is C14H15ClN2O2S. The second-order valence-corrected chi connectivity index (χ2v) is 6.62. The summed E-state index contributed by atoms with van der Waals surface area (Å²) < 4.78 is 27.2. The normalized spacial score (nSPS) is 11.3. The van der Waals surface area contributed by atoms with Crippen molar-refractivity contribution >= 4 is 33.0 Å². The summed E-state index contributed by atoms with van der Waals surface area (Å²) in [6.45, 7) is 3.60. The average Bonchev–Trinajstić information content (AvgIpc) is 2.34. The van der Waals surface area contributed by atoms with Crippen molar-refractivity contribution in [2.75, 3.05) is 10.5 Å². The van der Waals surface area contributed by atoms with Crippen LogP contribution in [0.4, 0.5) is 11.4 Å². The Kier molecular flexibility index (Phi) is 3.92. The lowest BCUT2D eigenvalue weighted by Gasteiger charge is -2.13. The second-order valence-electron chi connectivity index (χ2n) is 4.56. The van der Waals surface area contributed by atoms with E-state index in [1.165, 1.54) is 6.07 Å². The summed E-state index contributed by atoms with van der Waals surface area (Å²) >= 11 is 6.01. The first-order valence-corrected chi connectivity index (χ1v) is 7.81. The zero-order valence-corrected chi connectivity index (χ0v) is 12.7. The number of benzene rings is 2. The van der Waals surface area contributed by atoms with E-state index in [0.29, 0.717) is 16.9 Å². The molecule has 0 atom stereocenters. The number of rotatable bonds is 3. The molecule has 106 valence electrons. The summed E-state index contributed by atoms with van der Waals surface area (Å²) in [7, 11) is -3.74. The van der Waals surface area contributed by atoms with Crippen molar-refractivity contribution in [3.63, 3.8) is 0 Å². The van der Waals surface area contributed by atoms with E-state index >= 15 is 0 Å². The van der Waals surface area contributed by atoms with E-state index in [1.807, 2.05) is 6.92 Å². The molecule has 0 aliphatic rings. The lowest BCUT2D eigenvalue weighted by atomic mass is 10.2. The summed E-state index contributed by atoms with van der Waals surface area (Å²) in [4.78, 5) is 0.0478. The molecule has 3 N–H and O–H groups in total. The first-order valence-electron chi connectivity index (χ1n) is 5.95. The molecule has 0 saturated heterocycles. The Morgan fingerprint density at radius 3 is 2.50 bits per heavy atom. The first-order chi connectivity index (χ1) is 9.31. The average molecular weight is 311 g/mol. The Morgan fingerprint density at radius 1 is 1.15 bits per heavy atom. The largest absolute Gasteiger partial charge is 0.398 e. The third-order valence-electron chi connectivity index (χ3n) is 3.00. The molecule has 6 heteroatoms. The zero-order valence-electron chi connectivity index (χ0n) is 11.1. The van der Waals surface area contributed by atoms with Gasteiger partial charge in [-0.3, -0.25) is 4.72 Å². The number of aryl methyl sites for hydroxylation is 1. The van der Waals surface area contributed by atoms with E-state index in [9.17, 15) is 8.42 Å². The Balaban J connectivity index is 2.44. The first kappa shape index (κ1) is 14.7. The standard InChI is InChI=1S/C14H15ClN2O2S/c1-9-6-7-14(11(15)8-9)20(18,19)17-13-5-3-4-12(16)10(13)2/h3-8,17H,16H2,1-2H3.